The topological polar surface area (TPSA) is 89.1 Å². The summed E-state index contributed by atoms with van der Waals surface area (Å²) >= 11 is 0. The number of anilines is 1. The molecule has 0 aliphatic rings. The van der Waals surface area contributed by atoms with Crippen LogP contribution in [0.2, 0.25) is 0 Å². The molecule has 1 aromatic rings. The molecule has 5 nitrogen and oxygen atoms in total. The molecule has 0 aromatic carbocycles. The van der Waals surface area contributed by atoms with Gasteiger partial charge in [-0.15, -0.1) is 0 Å². The van der Waals surface area contributed by atoms with Gasteiger partial charge in [-0.25, -0.2) is 14.8 Å². The van der Waals surface area contributed by atoms with Gasteiger partial charge in [-0.3, -0.25) is 0 Å². The second-order valence-electron chi connectivity index (χ2n) is 2.24. The number of carboxylic acid groups (broad SMARTS) is 1. The van der Waals surface area contributed by atoms with Crippen LogP contribution in [0.5, 0.6) is 0 Å². The number of rotatable bonds is 2. The Labute approximate surface area is 69.3 Å². The molecule has 0 saturated heterocycles. The maximum atomic E-state index is 10.6. The zero-order chi connectivity index (χ0) is 9.14. The van der Waals surface area contributed by atoms with Crippen molar-refractivity contribution >= 4 is 11.8 Å². The van der Waals surface area contributed by atoms with E-state index in [4.69, 9.17) is 10.8 Å². The summed E-state index contributed by atoms with van der Waals surface area (Å²) < 4.78 is 0. The van der Waals surface area contributed by atoms with Gasteiger partial charge in [0.25, 0.3) is 0 Å². The van der Waals surface area contributed by atoms with E-state index < -0.39 is 5.97 Å². The van der Waals surface area contributed by atoms with Crippen LogP contribution >= 0.6 is 0 Å². The second-order valence-corrected chi connectivity index (χ2v) is 2.24. The first kappa shape index (κ1) is 8.45. The minimum Gasteiger partial charge on any atom is -0.476 e. The van der Waals surface area contributed by atoms with E-state index in [9.17, 15) is 4.79 Å². The summed E-state index contributed by atoms with van der Waals surface area (Å²) in [5, 5.41) is 8.68. The summed E-state index contributed by atoms with van der Waals surface area (Å²) in [6.45, 7) is 1.81. The molecule has 1 heterocycles. The highest BCUT2D eigenvalue weighted by molar-refractivity contribution is 5.88. The Hall–Kier alpha value is -1.65. The highest BCUT2D eigenvalue weighted by Gasteiger charge is 2.12. The highest BCUT2D eigenvalue weighted by Crippen LogP contribution is 2.11. The number of aromatic nitrogens is 2. The molecule has 64 valence electrons. The molecular formula is C7H9N3O2. The Morgan fingerprint density at radius 1 is 1.67 bits per heavy atom. The molecule has 12 heavy (non-hydrogen) atoms. The molecule has 0 radical (unpaired) electrons. The van der Waals surface area contributed by atoms with Crippen molar-refractivity contribution in [2.24, 2.45) is 0 Å². The predicted octanol–water partition coefficient (Wildman–Crippen LogP) is 0.319. The molecule has 1 aromatic heterocycles. The van der Waals surface area contributed by atoms with Gasteiger partial charge in [-0.2, -0.15) is 0 Å². The van der Waals surface area contributed by atoms with Crippen LogP contribution < -0.4 is 5.73 Å². The van der Waals surface area contributed by atoms with Gasteiger partial charge >= 0.3 is 5.97 Å². The Kier molecular flexibility index (Phi) is 2.23. The number of nitrogens with zero attached hydrogens (tertiary/aromatic N) is 2. The fourth-order valence-electron chi connectivity index (χ4n) is 0.959. The van der Waals surface area contributed by atoms with Gasteiger partial charge in [-0.1, -0.05) is 6.92 Å². The predicted molar refractivity (Wildman–Crippen MR) is 42.8 cm³/mol. The molecule has 1 rings (SSSR count). The van der Waals surface area contributed by atoms with E-state index in [0.717, 1.165) is 6.33 Å². The van der Waals surface area contributed by atoms with Crippen molar-refractivity contribution in [3.63, 3.8) is 0 Å². The van der Waals surface area contributed by atoms with Crippen molar-refractivity contribution in [3.8, 4) is 0 Å². The molecule has 0 spiro atoms. The van der Waals surface area contributed by atoms with E-state index in [-0.39, 0.29) is 11.5 Å². The third-order valence-corrected chi connectivity index (χ3v) is 1.53. The maximum absolute atomic E-state index is 10.6. The first-order valence-corrected chi connectivity index (χ1v) is 3.49. The van der Waals surface area contributed by atoms with E-state index in [0.29, 0.717) is 12.0 Å². The largest absolute Gasteiger partial charge is 0.476 e. The number of aromatic carboxylic acids is 1. The van der Waals surface area contributed by atoms with Crippen LogP contribution in [0.25, 0.3) is 0 Å². The molecule has 3 N–H and O–H groups in total. The van der Waals surface area contributed by atoms with Crippen LogP contribution in [0.15, 0.2) is 6.33 Å². The van der Waals surface area contributed by atoms with Crippen LogP contribution in [0.4, 0.5) is 5.82 Å². The van der Waals surface area contributed by atoms with Gasteiger partial charge in [0.1, 0.15) is 12.1 Å². The van der Waals surface area contributed by atoms with Crippen molar-refractivity contribution < 1.29 is 9.90 Å². The lowest BCUT2D eigenvalue weighted by Gasteiger charge is -2.03. The van der Waals surface area contributed by atoms with Crippen LogP contribution in [0.1, 0.15) is 23.0 Å². The first-order valence-electron chi connectivity index (χ1n) is 3.49. The Morgan fingerprint density at radius 2 is 2.33 bits per heavy atom. The minimum absolute atomic E-state index is 0.00926. The number of hydrogen-bond acceptors (Lipinski definition) is 4. The van der Waals surface area contributed by atoms with E-state index in [1.165, 1.54) is 0 Å². The number of hydrogen-bond donors (Lipinski definition) is 2. The number of nitrogen functional groups attached to an aromatic ring is 1. The smallest absolute Gasteiger partial charge is 0.354 e. The normalized spacial score (nSPS) is 9.75. The van der Waals surface area contributed by atoms with Crippen molar-refractivity contribution in [3.05, 3.63) is 17.6 Å². The van der Waals surface area contributed by atoms with Gasteiger partial charge < -0.3 is 10.8 Å². The van der Waals surface area contributed by atoms with E-state index in [1.807, 2.05) is 6.92 Å². The Balaban J connectivity index is 3.27. The van der Waals surface area contributed by atoms with Crippen molar-refractivity contribution in [1.82, 2.24) is 9.97 Å². The molecule has 0 unspecified atom stereocenters. The van der Waals surface area contributed by atoms with Crippen LogP contribution in [0.3, 0.4) is 0 Å². The third-order valence-electron chi connectivity index (χ3n) is 1.53. The van der Waals surface area contributed by atoms with Crippen LogP contribution in [0, 0.1) is 0 Å². The summed E-state index contributed by atoms with van der Waals surface area (Å²) in [5.41, 5.74) is 5.94. The van der Waals surface area contributed by atoms with Crippen LogP contribution in [-0.2, 0) is 6.42 Å². The highest BCUT2D eigenvalue weighted by atomic mass is 16.4. The SMILES string of the molecule is CCc1c(N)ncnc1C(=O)O. The molecule has 0 aliphatic carbocycles. The van der Waals surface area contributed by atoms with E-state index in [2.05, 4.69) is 9.97 Å². The van der Waals surface area contributed by atoms with E-state index in [1.54, 1.807) is 0 Å². The quantitative estimate of drug-likeness (QED) is 0.662. The minimum atomic E-state index is -1.07. The van der Waals surface area contributed by atoms with Gasteiger partial charge in [0.15, 0.2) is 5.69 Å². The zero-order valence-electron chi connectivity index (χ0n) is 6.61. The van der Waals surface area contributed by atoms with Gasteiger partial charge in [0.05, 0.1) is 0 Å². The van der Waals surface area contributed by atoms with Crippen molar-refractivity contribution in [2.75, 3.05) is 5.73 Å². The molecule has 5 heteroatoms. The average Bonchev–Trinajstić information content (AvgIpc) is 2.03. The zero-order valence-corrected chi connectivity index (χ0v) is 6.61. The van der Waals surface area contributed by atoms with Gasteiger partial charge in [0, 0.05) is 5.56 Å². The maximum Gasteiger partial charge on any atom is 0.354 e. The summed E-state index contributed by atoms with van der Waals surface area (Å²) in [6, 6.07) is 0. The second kappa shape index (κ2) is 3.17. The monoisotopic (exact) mass is 167 g/mol. The van der Waals surface area contributed by atoms with Gasteiger partial charge in [-0.05, 0) is 6.42 Å². The summed E-state index contributed by atoms with van der Waals surface area (Å²) in [4.78, 5) is 17.9. The van der Waals surface area contributed by atoms with Crippen molar-refractivity contribution in [2.45, 2.75) is 13.3 Å². The molecule has 0 fully saturated rings. The number of carboxylic acids is 1. The first-order chi connectivity index (χ1) is 5.66. The lowest BCUT2D eigenvalue weighted by molar-refractivity contribution is 0.0689. The summed E-state index contributed by atoms with van der Waals surface area (Å²) in [5.74, 6) is -0.828. The third kappa shape index (κ3) is 1.34. The fraction of sp³-hybridized carbons (Fsp3) is 0.286. The number of nitrogens with two attached hydrogens (primary N) is 1. The lowest BCUT2D eigenvalue weighted by Crippen LogP contribution is -2.09. The fourth-order valence-corrected chi connectivity index (χ4v) is 0.959. The molecule has 0 amide bonds. The summed E-state index contributed by atoms with van der Waals surface area (Å²) in [7, 11) is 0. The van der Waals surface area contributed by atoms with Gasteiger partial charge in [0.2, 0.25) is 0 Å². The number of carbonyl (C=O) groups is 1. The Bertz CT molecular complexity index is 312. The molecule has 0 aliphatic heterocycles. The Morgan fingerprint density at radius 3 is 2.75 bits per heavy atom. The molecular weight excluding hydrogens is 158 g/mol. The van der Waals surface area contributed by atoms with E-state index >= 15 is 0 Å². The summed E-state index contributed by atoms with van der Waals surface area (Å²) in [6.07, 6.45) is 1.67. The molecule has 0 saturated carbocycles. The van der Waals surface area contributed by atoms with Crippen LogP contribution in [-0.4, -0.2) is 21.0 Å². The van der Waals surface area contributed by atoms with Crippen molar-refractivity contribution in [1.29, 1.82) is 0 Å². The standard InChI is InChI=1S/C7H9N3O2/c1-2-4-5(7(11)12)9-3-10-6(4)8/h3H,2H2,1H3,(H,11,12)(H2,8,9,10). The molecule has 0 atom stereocenters. The average molecular weight is 167 g/mol. The molecule has 0 bridgehead atoms. The lowest BCUT2D eigenvalue weighted by atomic mass is 10.1.